The molecule has 0 amide bonds. The summed E-state index contributed by atoms with van der Waals surface area (Å²) in [4.78, 5) is 16.1. The van der Waals surface area contributed by atoms with Gasteiger partial charge in [-0.2, -0.15) is 0 Å². The molecule has 1 fully saturated rings. The third-order valence-corrected chi connectivity index (χ3v) is 3.17. The molecule has 86 valence electrons. The van der Waals surface area contributed by atoms with Crippen molar-refractivity contribution >= 4 is 5.78 Å². The van der Waals surface area contributed by atoms with Crippen LogP contribution in [0.2, 0.25) is 0 Å². The van der Waals surface area contributed by atoms with Crippen molar-refractivity contribution < 1.29 is 9.53 Å². The molecule has 1 unspecified atom stereocenters. The summed E-state index contributed by atoms with van der Waals surface area (Å²) in [6.45, 7) is 2.62. The van der Waals surface area contributed by atoms with Gasteiger partial charge < -0.3 is 4.74 Å². The maximum atomic E-state index is 12.1. The van der Waals surface area contributed by atoms with Crippen molar-refractivity contribution in [3.8, 4) is 0 Å². The summed E-state index contributed by atoms with van der Waals surface area (Å²) in [5.41, 5.74) is 0.442. The number of ether oxygens (including phenoxy) is 1. The minimum atomic E-state index is -0.568. The molecule has 0 aliphatic carbocycles. The predicted molar refractivity (Wildman–Crippen MR) is 61.2 cm³/mol. The molecule has 1 saturated heterocycles. The number of Topliss-reactive ketones (excluding diaryl/α,β-unsaturated/α-hetero) is 1. The van der Waals surface area contributed by atoms with Crippen molar-refractivity contribution in [1.82, 2.24) is 4.98 Å². The van der Waals surface area contributed by atoms with E-state index in [1.54, 1.807) is 12.4 Å². The number of hydrogen-bond donors (Lipinski definition) is 0. The molecule has 3 heteroatoms. The Bertz CT molecular complexity index is 355. The summed E-state index contributed by atoms with van der Waals surface area (Å²) < 4.78 is 5.63. The van der Waals surface area contributed by atoms with E-state index >= 15 is 0 Å². The molecular formula is C13H17NO2. The fraction of sp³-hybridized carbons (Fsp3) is 0.538. The van der Waals surface area contributed by atoms with Gasteiger partial charge in [-0.15, -0.1) is 0 Å². The topological polar surface area (TPSA) is 39.2 Å². The molecule has 0 spiro atoms. The highest BCUT2D eigenvalue weighted by Crippen LogP contribution is 2.26. The molecule has 0 bridgehead atoms. The van der Waals surface area contributed by atoms with E-state index in [-0.39, 0.29) is 5.78 Å². The van der Waals surface area contributed by atoms with Crippen LogP contribution in [0.4, 0.5) is 0 Å². The van der Waals surface area contributed by atoms with Gasteiger partial charge in [0.15, 0.2) is 5.78 Å². The zero-order chi connectivity index (χ0) is 11.4. The number of pyridine rings is 1. The standard InChI is InChI=1S/C13H17NO2/c1-13(6-2-3-9-16-13)12(15)10-11-4-7-14-8-5-11/h4-5,7-8H,2-3,6,9-10H2,1H3. The smallest absolute Gasteiger partial charge is 0.168 e. The lowest BCUT2D eigenvalue weighted by atomic mass is 9.88. The lowest BCUT2D eigenvalue weighted by Gasteiger charge is -2.32. The quantitative estimate of drug-likeness (QED) is 0.782. The summed E-state index contributed by atoms with van der Waals surface area (Å²) >= 11 is 0. The Kier molecular flexibility index (Phi) is 3.34. The number of aromatic nitrogens is 1. The summed E-state index contributed by atoms with van der Waals surface area (Å²) in [6.07, 6.45) is 6.87. The molecule has 1 aromatic rings. The Morgan fingerprint density at radius 2 is 2.19 bits per heavy atom. The molecule has 2 rings (SSSR count). The van der Waals surface area contributed by atoms with Gasteiger partial charge in [-0.05, 0) is 43.9 Å². The first kappa shape index (κ1) is 11.3. The van der Waals surface area contributed by atoms with Gasteiger partial charge in [0.2, 0.25) is 0 Å². The first-order valence-corrected chi connectivity index (χ1v) is 5.77. The molecule has 1 aliphatic heterocycles. The van der Waals surface area contributed by atoms with E-state index in [0.29, 0.717) is 13.0 Å². The predicted octanol–water partition coefficient (Wildman–Crippen LogP) is 2.15. The van der Waals surface area contributed by atoms with Gasteiger partial charge in [-0.25, -0.2) is 0 Å². The molecule has 3 nitrogen and oxygen atoms in total. The van der Waals surface area contributed by atoms with Crippen LogP contribution < -0.4 is 0 Å². The molecule has 0 radical (unpaired) electrons. The highest BCUT2D eigenvalue weighted by Gasteiger charge is 2.35. The van der Waals surface area contributed by atoms with E-state index in [1.165, 1.54) is 0 Å². The molecule has 1 aromatic heterocycles. The average molecular weight is 219 g/mol. The van der Waals surface area contributed by atoms with Crippen molar-refractivity contribution in [2.75, 3.05) is 6.61 Å². The largest absolute Gasteiger partial charge is 0.367 e. The second kappa shape index (κ2) is 4.74. The maximum Gasteiger partial charge on any atom is 0.168 e. The van der Waals surface area contributed by atoms with Gasteiger partial charge in [-0.3, -0.25) is 9.78 Å². The van der Waals surface area contributed by atoms with Crippen LogP contribution in [0.5, 0.6) is 0 Å². The van der Waals surface area contributed by atoms with E-state index in [0.717, 1.165) is 24.8 Å². The second-order valence-electron chi connectivity index (χ2n) is 4.49. The van der Waals surface area contributed by atoms with Crippen LogP contribution in [0, 0.1) is 0 Å². The van der Waals surface area contributed by atoms with Crippen molar-refractivity contribution in [3.63, 3.8) is 0 Å². The van der Waals surface area contributed by atoms with Gasteiger partial charge in [0, 0.05) is 25.4 Å². The normalized spacial score (nSPS) is 25.3. The number of rotatable bonds is 3. The van der Waals surface area contributed by atoms with Crippen LogP contribution in [-0.2, 0) is 16.0 Å². The Balaban J connectivity index is 2.02. The van der Waals surface area contributed by atoms with E-state index in [4.69, 9.17) is 4.74 Å². The van der Waals surface area contributed by atoms with E-state index in [1.807, 2.05) is 19.1 Å². The number of hydrogen-bond acceptors (Lipinski definition) is 3. The average Bonchev–Trinajstić information content (AvgIpc) is 2.31. The zero-order valence-corrected chi connectivity index (χ0v) is 9.61. The number of ketones is 1. The Morgan fingerprint density at radius 3 is 2.81 bits per heavy atom. The first-order chi connectivity index (χ1) is 7.71. The third-order valence-electron chi connectivity index (χ3n) is 3.17. The number of carbonyl (C=O) groups excluding carboxylic acids is 1. The number of carbonyl (C=O) groups is 1. The lowest BCUT2D eigenvalue weighted by Crippen LogP contribution is -2.42. The van der Waals surface area contributed by atoms with Crippen LogP contribution in [0.25, 0.3) is 0 Å². The zero-order valence-electron chi connectivity index (χ0n) is 9.61. The maximum absolute atomic E-state index is 12.1. The van der Waals surface area contributed by atoms with Gasteiger partial charge >= 0.3 is 0 Å². The molecule has 1 aliphatic rings. The lowest BCUT2D eigenvalue weighted by molar-refractivity contribution is -0.147. The Labute approximate surface area is 95.8 Å². The highest BCUT2D eigenvalue weighted by molar-refractivity contribution is 5.88. The molecule has 0 N–H and O–H groups in total. The van der Waals surface area contributed by atoms with E-state index in [9.17, 15) is 4.79 Å². The summed E-state index contributed by atoms with van der Waals surface area (Å²) in [5, 5.41) is 0. The van der Waals surface area contributed by atoms with Crippen molar-refractivity contribution in [2.24, 2.45) is 0 Å². The SMILES string of the molecule is CC1(C(=O)Cc2ccncc2)CCCCO1. The van der Waals surface area contributed by atoms with E-state index < -0.39 is 5.60 Å². The van der Waals surface area contributed by atoms with Crippen LogP contribution in [0.15, 0.2) is 24.5 Å². The Morgan fingerprint density at radius 1 is 1.44 bits per heavy atom. The van der Waals surface area contributed by atoms with Gasteiger partial charge in [0.1, 0.15) is 5.60 Å². The minimum Gasteiger partial charge on any atom is -0.367 e. The van der Waals surface area contributed by atoms with Crippen molar-refractivity contribution in [3.05, 3.63) is 30.1 Å². The molecule has 16 heavy (non-hydrogen) atoms. The fourth-order valence-corrected chi connectivity index (χ4v) is 2.03. The summed E-state index contributed by atoms with van der Waals surface area (Å²) in [5.74, 6) is 0.179. The van der Waals surface area contributed by atoms with Gasteiger partial charge in [0.05, 0.1) is 0 Å². The molecular weight excluding hydrogens is 202 g/mol. The summed E-state index contributed by atoms with van der Waals surface area (Å²) in [6, 6.07) is 3.76. The third kappa shape index (κ3) is 2.47. The van der Waals surface area contributed by atoms with Crippen LogP contribution in [0.3, 0.4) is 0 Å². The molecule has 0 aromatic carbocycles. The number of nitrogens with zero attached hydrogens (tertiary/aromatic N) is 1. The van der Waals surface area contributed by atoms with Gasteiger partial charge in [0.25, 0.3) is 0 Å². The molecule has 2 heterocycles. The second-order valence-corrected chi connectivity index (χ2v) is 4.49. The summed E-state index contributed by atoms with van der Waals surface area (Å²) in [7, 11) is 0. The van der Waals surface area contributed by atoms with Crippen molar-refractivity contribution in [2.45, 2.75) is 38.2 Å². The molecule has 1 atom stereocenters. The monoisotopic (exact) mass is 219 g/mol. The minimum absolute atomic E-state index is 0.179. The van der Waals surface area contributed by atoms with Crippen molar-refractivity contribution in [1.29, 1.82) is 0 Å². The Hall–Kier alpha value is -1.22. The highest BCUT2D eigenvalue weighted by atomic mass is 16.5. The van der Waals surface area contributed by atoms with Crippen LogP contribution in [0.1, 0.15) is 31.7 Å². The van der Waals surface area contributed by atoms with Gasteiger partial charge in [-0.1, -0.05) is 0 Å². The fourth-order valence-electron chi connectivity index (χ4n) is 2.03. The molecule has 0 saturated carbocycles. The van der Waals surface area contributed by atoms with Crippen LogP contribution >= 0.6 is 0 Å². The van der Waals surface area contributed by atoms with E-state index in [2.05, 4.69) is 4.98 Å². The first-order valence-electron chi connectivity index (χ1n) is 5.77. The van der Waals surface area contributed by atoms with Crippen LogP contribution in [-0.4, -0.2) is 23.0 Å².